The summed E-state index contributed by atoms with van der Waals surface area (Å²) in [6.07, 6.45) is 1.62. The van der Waals surface area contributed by atoms with Crippen LogP contribution in [-0.4, -0.2) is 38.9 Å². The molecule has 1 aromatic carbocycles. The summed E-state index contributed by atoms with van der Waals surface area (Å²) in [4.78, 5) is -0.0829. The minimum atomic E-state index is -3.69. The summed E-state index contributed by atoms with van der Waals surface area (Å²) in [5.41, 5.74) is 0. The number of halogens is 2. The van der Waals surface area contributed by atoms with E-state index in [1.165, 1.54) is 10.4 Å². The third-order valence-corrected chi connectivity index (χ3v) is 5.35. The van der Waals surface area contributed by atoms with Crippen LogP contribution in [0.5, 0.6) is 0 Å². The van der Waals surface area contributed by atoms with Crippen LogP contribution in [0, 0.1) is 5.82 Å². The summed E-state index contributed by atoms with van der Waals surface area (Å²) in [5, 5.41) is 3.07. The molecule has 0 amide bonds. The van der Waals surface area contributed by atoms with Crippen LogP contribution in [0.25, 0.3) is 0 Å². The predicted octanol–water partition coefficient (Wildman–Crippen LogP) is 1.85. The standard InChI is InChI=1S/C12H16ClFN2O2S/c1-15-8-11-3-2-4-16(11)19(17,18)12-6-9(13)5-10(14)7-12/h5-7,11,15H,2-4,8H2,1H3. The highest BCUT2D eigenvalue weighted by Gasteiger charge is 2.35. The molecule has 1 atom stereocenters. The summed E-state index contributed by atoms with van der Waals surface area (Å²) in [6.45, 7) is 1.05. The highest BCUT2D eigenvalue weighted by molar-refractivity contribution is 7.89. The Morgan fingerprint density at radius 2 is 2.21 bits per heavy atom. The van der Waals surface area contributed by atoms with Crippen molar-refractivity contribution in [2.75, 3.05) is 20.1 Å². The number of likely N-dealkylation sites (N-methyl/N-ethyl adjacent to an activating group) is 1. The molecule has 1 aliphatic heterocycles. The number of nitrogens with zero attached hydrogens (tertiary/aromatic N) is 1. The highest BCUT2D eigenvalue weighted by atomic mass is 35.5. The molecular formula is C12H16ClFN2O2S. The molecule has 0 aromatic heterocycles. The molecule has 2 rings (SSSR count). The second-order valence-corrected chi connectivity index (χ2v) is 6.90. The number of rotatable bonds is 4. The van der Waals surface area contributed by atoms with E-state index in [1.807, 2.05) is 0 Å². The maximum absolute atomic E-state index is 13.3. The van der Waals surface area contributed by atoms with Gasteiger partial charge in [0.05, 0.1) is 4.90 Å². The zero-order valence-electron chi connectivity index (χ0n) is 10.6. The maximum Gasteiger partial charge on any atom is 0.243 e. The summed E-state index contributed by atoms with van der Waals surface area (Å²) < 4.78 is 39.7. The first-order valence-corrected chi connectivity index (χ1v) is 7.89. The van der Waals surface area contributed by atoms with Gasteiger partial charge in [0.2, 0.25) is 10.0 Å². The van der Waals surface area contributed by atoms with Crippen LogP contribution in [0.2, 0.25) is 5.02 Å². The fourth-order valence-corrected chi connectivity index (χ4v) is 4.41. The molecule has 106 valence electrons. The van der Waals surface area contributed by atoms with Crippen LogP contribution in [0.15, 0.2) is 23.1 Å². The molecule has 1 aliphatic rings. The molecule has 1 unspecified atom stereocenters. The van der Waals surface area contributed by atoms with Crippen LogP contribution in [0.3, 0.4) is 0 Å². The first-order chi connectivity index (χ1) is 8.95. The summed E-state index contributed by atoms with van der Waals surface area (Å²) in [6, 6.07) is 3.30. The molecule has 7 heteroatoms. The van der Waals surface area contributed by atoms with Crippen LogP contribution in [0.4, 0.5) is 4.39 Å². The molecule has 1 aromatic rings. The van der Waals surface area contributed by atoms with Gasteiger partial charge in [0.15, 0.2) is 0 Å². The fourth-order valence-electron chi connectivity index (χ4n) is 2.38. The lowest BCUT2D eigenvalue weighted by Gasteiger charge is -2.24. The lowest BCUT2D eigenvalue weighted by molar-refractivity contribution is 0.379. The molecule has 0 aliphatic carbocycles. The largest absolute Gasteiger partial charge is 0.318 e. The van der Waals surface area contributed by atoms with Gasteiger partial charge in [0, 0.05) is 24.2 Å². The second-order valence-electron chi connectivity index (χ2n) is 4.57. The Labute approximate surface area is 117 Å². The van der Waals surface area contributed by atoms with Crippen molar-refractivity contribution in [3.63, 3.8) is 0 Å². The maximum atomic E-state index is 13.3. The van der Waals surface area contributed by atoms with Crippen molar-refractivity contribution < 1.29 is 12.8 Å². The van der Waals surface area contributed by atoms with Gasteiger partial charge in [-0.15, -0.1) is 0 Å². The fraction of sp³-hybridized carbons (Fsp3) is 0.500. The van der Waals surface area contributed by atoms with Gasteiger partial charge in [-0.05, 0) is 38.1 Å². The van der Waals surface area contributed by atoms with Gasteiger partial charge in [-0.2, -0.15) is 4.31 Å². The SMILES string of the molecule is CNCC1CCCN1S(=O)(=O)c1cc(F)cc(Cl)c1. The van der Waals surface area contributed by atoms with Crippen molar-refractivity contribution in [1.82, 2.24) is 9.62 Å². The Morgan fingerprint density at radius 1 is 1.47 bits per heavy atom. The molecule has 0 saturated carbocycles. The lowest BCUT2D eigenvalue weighted by atomic mass is 10.2. The quantitative estimate of drug-likeness (QED) is 0.923. The topological polar surface area (TPSA) is 49.4 Å². The van der Waals surface area contributed by atoms with Gasteiger partial charge < -0.3 is 5.32 Å². The van der Waals surface area contributed by atoms with E-state index in [9.17, 15) is 12.8 Å². The van der Waals surface area contributed by atoms with Gasteiger partial charge in [-0.1, -0.05) is 11.6 Å². The van der Waals surface area contributed by atoms with Crippen LogP contribution >= 0.6 is 11.6 Å². The Morgan fingerprint density at radius 3 is 2.84 bits per heavy atom. The molecule has 0 bridgehead atoms. The van der Waals surface area contributed by atoms with E-state index in [2.05, 4.69) is 5.32 Å². The molecule has 19 heavy (non-hydrogen) atoms. The number of sulfonamides is 1. The molecule has 1 heterocycles. The average molecular weight is 307 g/mol. The minimum absolute atomic E-state index is 0.0829. The zero-order chi connectivity index (χ0) is 14.0. The molecule has 1 fully saturated rings. The summed E-state index contributed by atoms with van der Waals surface area (Å²) in [5.74, 6) is -0.643. The van der Waals surface area contributed by atoms with Crippen LogP contribution in [-0.2, 0) is 10.0 Å². The molecule has 4 nitrogen and oxygen atoms in total. The van der Waals surface area contributed by atoms with E-state index < -0.39 is 15.8 Å². The summed E-state index contributed by atoms with van der Waals surface area (Å²) >= 11 is 5.73. The van der Waals surface area contributed by atoms with Gasteiger partial charge in [-0.3, -0.25) is 0 Å². The lowest BCUT2D eigenvalue weighted by Crippen LogP contribution is -2.40. The van der Waals surface area contributed by atoms with Gasteiger partial charge in [0.1, 0.15) is 5.82 Å². The van der Waals surface area contributed by atoms with Crippen LogP contribution < -0.4 is 5.32 Å². The van der Waals surface area contributed by atoms with Gasteiger partial charge in [-0.25, -0.2) is 12.8 Å². The monoisotopic (exact) mass is 306 g/mol. The normalized spacial score (nSPS) is 20.9. The molecular weight excluding hydrogens is 291 g/mol. The molecule has 0 spiro atoms. The third-order valence-electron chi connectivity index (χ3n) is 3.21. The smallest absolute Gasteiger partial charge is 0.243 e. The minimum Gasteiger partial charge on any atom is -0.318 e. The van der Waals surface area contributed by atoms with Gasteiger partial charge in [0.25, 0.3) is 0 Å². The first kappa shape index (κ1) is 14.7. The molecule has 1 N–H and O–H groups in total. The van der Waals surface area contributed by atoms with E-state index in [4.69, 9.17) is 11.6 Å². The number of benzene rings is 1. The van der Waals surface area contributed by atoms with E-state index in [-0.39, 0.29) is 16.0 Å². The van der Waals surface area contributed by atoms with Crippen LogP contribution in [0.1, 0.15) is 12.8 Å². The van der Waals surface area contributed by atoms with Gasteiger partial charge >= 0.3 is 0 Å². The number of nitrogens with one attached hydrogen (secondary N) is 1. The number of hydrogen-bond donors (Lipinski definition) is 1. The predicted molar refractivity (Wildman–Crippen MR) is 72.3 cm³/mol. The van der Waals surface area contributed by atoms with Crippen molar-refractivity contribution in [3.05, 3.63) is 29.0 Å². The Balaban J connectivity index is 2.36. The van der Waals surface area contributed by atoms with E-state index >= 15 is 0 Å². The zero-order valence-corrected chi connectivity index (χ0v) is 12.1. The van der Waals surface area contributed by atoms with Crippen molar-refractivity contribution in [3.8, 4) is 0 Å². The van der Waals surface area contributed by atoms with Crippen molar-refractivity contribution in [1.29, 1.82) is 0 Å². The molecule has 1 saturated heterocycles. The van der Waals surface area contributed by atoms with Crippen molar-refractivity contribution in [2.45, 2.75) is 23.8 Å². The second kappa shape index (κ2) is 5.75. The highest BCUT2D eigenvalue weighted by Crippen LogP contribution is 2.27. The van der Waals surface area contributed by atoms with E-state index in [0.717, 1.165) is 25.0 Å². The Hall–Kier alpha value is -0.690. The van der Waals surface area contributed by atoms with E-state index in [1.54, 1.807) is 7.05 Å². The molecule has 0 radical (unpaired) electrons. The Bertz CT molecular complexity index is 545. The van der Waals surface area contributed by atoms with E-state index in [0.29, 0.717) is 13.1 Å². The van der Waals surface area contributed by atoms with Crippen molar-refractivity contribution >= 4 is 21.6 Å². The summed E-state index contributed by atoms with van der Waals surface area (Å²) in [7, 11) is -1.91. The van der Waals surface area contributed by atoms with Crippen molar-refractivity contribution in [2.24, 2.45) is 0 Å². The first-order valence-electron chi connectivity index (χ1n) is 6.07. The Kier molecular flexibility index (Phi) is 4.45. The average Bonchev–Trinajstić information content (AvgIpc) is 2.77. The third kappa shape index (κ3) is 3.08. The number of hydrogen-bond acceptors (Lipinski definition) is 3.